The Bertz CT molecular complexity index is 366. The Morgan fingerprint density at radius 3 is 2.88 bits per heavy atom. The van der Waals surface area contributed by atoms with Gasteiger partial charge >= 0.3 is 0 Å². The summed E-state index contributed by atoms with van der Waals surface area (Å²) in [6, 6.07) is 6.08. The van der Waals surface area contributed by atoms with Crippen LogP contribution in [0.1, 0.15) is 17.5 Å². The predicted molar refractivity (Wildman–Crippen MR) is 67.3 cm³/mol. The molecule has 0 aliphatic heterocycles. The fourth-order valence-corrected chi connectivity index (χ4v) is 1.65. The summed E-state index contributed by atoms with van der Waals surface area (Å²) in [6.45, 7) is 2.35. The monoisotopic (exact) mass is 285 g/mol. The molecule has 0 heterocycles. The zero-order valence-corrected chi connectivity index (χ0v) is 10.9. The van der Waals surface area contributed by atoms with Gasteiger partial charge < -0.3 is 10.4 Å². The highest BCUT2D eigenvalue weighted by molar-refractivity contribution is 9.10. The van der Waals surface area contributed by atoms with Crippen LogP contribution in [0.2, 0.25) is 0 Å². The van der Waals surface area contributed by atoms with Crippen LogP contribution in [0, 0.1) is 6.92 Å². The maximum atomic E-state index is 11.3. The molecule has 0 saturated heterocycles. The van der Waals surface area contributed by atoms with Crippen molar-refractivity contribution in [3.8, 4) is 0 Å². The van der Waals surface area contributed by atoms with Crippen LogP contribution in [0.3, 0.4) is 0 Å². The van der Waals surface area contributed by atoms with Crippen molar-refractivity contribution in [2.24, 2.45) is 0 Å². The molecule has 0 unspecified atom stereocenters. The summed E-state index contributed by atoms with van der Waals surface area (Å²) in [5.41, 5.74) is 2.33. The van der Waals surface area contributed by atoms with E-state index in [1.165, 1.54) is 5.56 Å². The number of carbonyl (C=O) groups excluding carboxylic acids is 1. The van der Waals surface area contributed by atoms with Gasteiger partial charge in [0.25, 0.3) is 0 Å². The summed E-state index contributed by atoms with van der Waals surface area (Å²) < 4.78 is 1.08. The number of carbonyl (C=O) groups is 1. The molecule has 4 heteroatoms. The van der Waals surface area contributed by atoms with E-state index in [2.05, 4.69) is 27.3 Å². The fraction of sp³-hybridized carbons (Fsp3) is 0.417. The molecule has 0 atom stereocenters. The fourth-order valence-electron chi connectivity index (χ4n) is 1.40. The van der Waals surface area contributed by atoms with Crippen molar-refractivity contribution in [2.45, 2.75) is 19.8 Å². The van der Waals surface area contributed by atoms with Crippen molar-refractivity contribution >= 4 is 21.8 Å². The average Bonchev–Trinajstić information content (AvgIpc) is 2.28. The van der Waals surface area contributed by atoms with E-state index in [1.54, 1.807) is 0 Å². The Labute approximate surface area is 104 Å². The van der Waals surface area contributed by atoms with Gasteiger partial charge in [0.1, 0.15) is 0 Å². The molecule has 0 aliphatic carbocycles. The van der Waals surface area contributed by atoms with Crippen LogP contribution in [0.5, 0.6) is 0 Å². The summed E-state index contributed by atoms with van der Waals surface area (Å²) >= 11 is 3.44. The number of hydrogen-bond acceptors (Lipinski definition) is 2. The lowest BCUT2D eigenvalue weighted by atomic mass is 10.1. The predicted octanol–water partition coefficient (Wildman–Crippen LogP) is 1.80. The number of aliphatic hydroxyl groups excluding tert-OH is 1. The van der Waals surface area contributed by atoms with E-state index in [1.807, 2.05) is 19.1 Å². The molecule has 2 N–H and O–H groups in total. The maximum Gasteiger partial charge on any atom is 0.220 e. The van der Waals surface area contributed by atoms with Gasteiger partial charge in [0, 0.05) is 17.4 Å². The number of aliphatic hydroxyl groups is 1. The maximum absolute atomic E-state index is 11.3. The minimum Gasteiger partial charge on any atom is -0.395 e. The number of nitrogens with one attached hydrogen (secondary N) is 1. The first-order chi connectivity index (χ1) is 7.63. The third kappa shape index (κ3) is 4.33. The molecule has 0 fully saturated rings. The molecule has 0 aliphatic rings. The molecule has 0 spiro atoms. The molecule has 0 saturated carbocycles. The third-order valence-electron chi connectivity index (χ3n) is 2.30. The summed E-state index contributed by atoms with van der Waals surface area (Å²) in [7, 11) is 0. The van der Waals surface area contributed by atoms with Gasteiger partial charge in [-0.05, 0) is 30.5 Å². The molecule has 88 valence electrons. The van der Waals surface area contributed by atoms with Crippen LogP contribution in [0.4, 0.5) is 0 Å². The van der Waals surface area contributed by atoms with E-state index in [4.69, 9.17) is 5.11 Å². The van der Waals surface area contributed by atoms with Crippen LogP contribution in [-0.2, 0) is 11.2 Å². The van der Waals surface area contributed by atoms with E-state index in [0.29, 0.717) is 13.0 Å². The van der Waals surface area contributed by atoms with Crippen molar-refractivity contribution in [3.05, 3.63) is 33.8 Å². The zero-order chi connectivity index (χ0) is 12.0. The van der Waals surface area contributed by atoms with Crippen molar-refractivity contribution in [1.82, 2.24) is 5.32 Å². The molecule has 0 aromatic heterocycles. The van der Waals surface area contributed by atoms with Gasteiger partial charge in [-0.3, -0.25) is 4.79 Å². The number of aryl methyl sites for hydroxylation is 2. The lowest BCUT2D eigenvalue weighted by Gasteiger charge is -2.05. The molecular weight excluding hydrogens is 270 g/mol. The summed E-state index contributed by atoms with van der Waals surface area (Å²) in [6.07, 6.45) is 1.19. The number of amides is 1. The largest absolute Gasteiger partial charge is 0.395 e. The van der Waals surface area contributed by atoms with Crippen LogP contribution in [0.15, 0.2) is 22.7 Å². The molecule has 1 rings (SSSR count). The molecule has 0 radical (unpaired) electrons. The highest BCUT2D eigenvalue weighted by atomic mass is 79.9. The summed E-state index contributed by atoms with van der Waals surface area (Å²) in [4.78, 5) is 11.3. The van der Waals surface area contributed by atoms with Crippen molar-refractivity contribution < 1.29 is 9.90 Å². The lowest BCUT2D eigenvalue weighted by molar-refractivity contribution is -0.121. The van der Waals surface area contributed by atoms with Crippen molar-refractivity contribution in [2.75, 3.05) is 13.2 Å². The molecule has 1 amide bonds. The zero-order valence-electron chi connectivity index (χ0n) is 9.29. The van der Waals surface area contributed by atoms with Gasteiger partial charge in [0.05, 0.1) is 6.61 Å². The van der Waals surface area contributed by atoms with Gasteiger partial charge in [-0.1, -0.05) is 28.1 Å². The van der Waals surface area contributed by atoms with Gasteiger partial charge in [0.2, 0.25) is 5.91 Å². The second-order valence-corrected chi connectivity index (χ2v) is 4.51. The first-order valence-corrected chi connectivity index (χ1v) is 6.05. The van der Waals surface area contributed by atoms with Gasteiger partial charge in [-0.25, -0.2) is 0 Å². The van der Waals surface area contributed by atoms with Crippen LogP contribution >= 0.6 is 15.9 Å². The number of hydrogen-bond donors (Lipinski definition) is 2. The summed E-state index contributed by atoms with van der Waals surface area (Å²) in [5, 5.41) is 11.2. The Balaban J connectivity index is 2.42. The number of benzene rings is 1. The molecular formula is C12H16BrNO2. The van der Waals surface area contributed by atoms with Gasteiger partial charge in [-0.2, -0.15) is 0 Å². The van der Waals surface area contributed by atoms with Crippen LogP contribution < -0.4 is 5.32 Å². The SMILES string of the molecule is Cc1cc(CCC(=O)NCCO)ccc1Br. The molecule has 3 nitrogen and oxygen atoms in total. The standard InChI is InChI=1S/C12H16BrNO2/c1-9-8-10(2-4-11(9)13)3-5-12(16)14-6-7-15/h2,4,8,15H,3,5-7H2,1H3,(H,14,16). The first-order valence-electron chi connectivity index (χ1n) is 5.26. The number of rotatable bonds is 5. The van der Waals surface area contributed by atoms with E-state index in [-0.39, 0.29) is 12.5 Å². The second kappa shape index (κ2) is 6.66. The van der Waals surface area contributed by atoms with E-state index >= 15 is 0 Å². The highest BCUT2D eigenvalue weighted by Crippen LogP contribution is 2.17. The van der Waals surface area contributed by atoms with Crippen molar-refractivity contribution in [3.63, 3.8) is 0 Å². The minimum atomic E-state index is -0.0189. The quantitative estimate of drug-likeness (QED) is 0.867. The van der Waals surface area contributed by atoms with Crippen LogP contribution in [0.25, 0.3) is 0 Å². The van der Waals surface area contributed by atoms with E-state index < -0.39 is 0 Å². The van der Waals surface area contributed by atoms with Gasteiger partial charge in [0.15, 0.2) is 0 Å². The normalized spacial score (nSPS) is 10.2. The molecule has 16 heavy (non-hydrogen) atoms. The molecule has 0 bridgehead atoms. The average molecular weight is 286 g/mol. The Morgan fingerprint density at radius 2 is 2.25 bits per heavy atom. The van der Waals surface area contributed by atoms with E-state index in [0.717, 1.165) is 16.5 Å². The molecule has 1 aromatic rings. The van der Waals surface area contributed by atoms with Gasteiger partial charge in [-0.15, -0.1) is 0 Å². The second-order valence-electron chi connectivity index (χ2n) is 3.66. The Hall–Kier alpha value is -0.870. The summed E-state index contributed by atoms with van der Waals surface area (Å²) in [5.74, 6) is -0.0189. The minimum absolute atomic E-state index is 0.0108. The first kappa shape index (κ1) is 13.2. The number of halogens is 1. The topological polar surface area (TPSA) is 49.3 Å². The Morgan fingerprint density at radius 1 is 1.50 bits per heavy atom. The third-order valence-corrected chi connectivity index (χ3v) is 3.19. The van der Waals surface area contributed by atoms with Crippen LogP contribution in [-0.4, -0.2) is 24.2 Å². The smallest absolute Gasteiger partial charge is 0.220 e. The highest BCUT2D eigenvalue weighted by Gasteiger charge is 2.02. The lowest BCUT2D eigenvalue weighted by Crippen LogP contribution is -2.26. The molecule has 1 aromatic carbocycles. The van der Waals surface area contributed by atoms with E-state index in [9.17, 15) is 4.79 Å². The Kier molecular flexibility index (Phi) is 5.49. The van der Waals surface area contributed by atoms with Crippen molar-refractivity contribution in [1.29, 1.82) is 0 Å².